The lowest BCUT2D eigenvalue weighted by molar-refractivity contribution is -0.142. The van der Waals surface area contributed by atoms with Gasteiger partial charge in [-0.05, 0) is 18.3 Å². The Balaban J connectivity index is 2.59. The molecule has 6 heteroatoms. The molecule has 0 saturated carbocycles. The highest BCUT2D eigenvalue weighted by Crippen LogP contribution is 2.19. The van der Waals surface area contributed by atoms with Crippen molar-refractivity contribution in [1.82, 2.24) is 10.2 Å². The molecule has 1 fully saturated rings. The first kappa shape index (κ1) is 17.5. The Labute approximate surface area is 125 Å². The molecule has 21 heavy (non-hydrogen) atoms. The molecule has 0 aromatic rings. The summed E-state index contributed by atoms with van der Waals surface area (Å²) in [5.41, 5.74) is 0. The first-order valence-corrected chi connectivity index (χ1v) is 7.51. The zero-order valence-electron chi connectivity index (χ0n) is 13.3. The van der Waals surface area contributed by atoms with Gasteiger partial charge in [-0.25, -0.2) is 4.79 Å². The number of amides is 2. The molecule has 2 atom stereocenters. The Morgan fingerprint density at radius 2 is 1.90 bits per heavy atom. The Morgan fingerprint density at radius 1 is 1.29 bits per heavy atom. The lowest BCUT2D eigenvalue weighted by Crippen LogP contribution is -2.45. The van der Waals surface area contributed by atoms with Crippen LogP contribution in [0.3, 0.4) is 0 Å². The van der Waals surface area contributed by atoms with Crippen LogP contribution in [0.1, 0.15) is 40.5 Å². The first-order valence-electron chi connectivity index (χ1n) is 7.51. The first-order chi connectivity index (χ1) is 9.70. The monoisotopic (exact) mass is 298 g/mol. The van der Waals surface area contributed by atoms with E-state index in [4.69, 9.17) is 5.11 Å². The summed E-state index contributed by atoms with van der Waals surface area (Å²) in [4.78, 5) is 36.9. The molecule has 120 valence electrons. The van der Waals surface area contributed by atoms with E-state index < -0.39 is 17.9 Å². The van der Waals surface area contributed by atoms with Crippen LogP contribution in [-0.4, -0.2) is 46.9 Å². The van der Waals surface area contributed by atoms with E-state index in [1.165, 1.54) is 0 Å². The summed E-state index contributed by atoms with van der Waals surface area (Å²) >= 11 is 0. The summed E-state index contributed by atoms with van der Waals surface area (Å²) < 4.78 is 0. The molecular formula is C15H26N2O4. The molecule has 0 bridgehead atoms. The van der Waals surface area contributed by atoms with Crippen LogP contribution in [0.4, 0.5) is 0 Å². The van der Waals surface area contributed by atoms with Crippen LogP contribution in [0.5, 0.6) is 0 Å². The summed E-state index contributed by atoms with van der Waals surface area (Å²) in [5.74, 6) is -1.30. The van der Waals surface area contributed by atoms with E-state index in [1.807, 2.05) is 27.7 Å². The van der Waals surface area contributed by atoms with Gasteiger partial charge in [0.2, 0.25) is 11.8 Å². The van der Waals surface area contributed by atoms with Gasteiger partial charge in [-0.1, -0.05) is 27.7 Å². The number of hydrogen-bond acceptors (Lipinski definition) is 3. The minimum atomic E-state index is -1.03. The number of nitrogens with zero attached hydrogens (tertiary/aromatic N) is 1. The second-order valence-corrected chi connectivity index (χ2v) is 6.62. The predicted octanol–water partition coefficient (Wildman–Crippen LogP) is 1.11. The third-order valence-corrected chi connectivity index (χ3v) is 3.49. The van der Waals surface area contributed by atoms with Crippen molar-refractivity contribution in [2.24, 2.45) is 17.8 Å². The van der Waals surface area contributed by atoms with E-state index in [1.54, 1.807) is 4.90 Å². The fourth-order valence-electron chi connectivity index (χ4n) is 2.55. The van der Waals surface area contributed by atoms with Gasteiger partial charge in [0.05, 0.1) is 5.92 Å². The largest absolute Gasteiger partial charge is 0.480 e. The van der Waals surface area contributed by atoms with Crippen molar-refractivity contribution in [3.8, 4) is 0 Å². The highest BCUT2D eigenvalue weighted by Gasteiger charge is 2.35. The van der Waals surface area contributed by atoms with Crippen molar-refractivity contribution < 1.29 is 19.5 Å². The maximum atomic E-state index is 12.2. The highest BCUT2D eigenvalue weighted by molar-refractivity contribution is 5.91. The van der Waals surface area contributed by atoms with E-state index >= 15 is 0 Å². The molecule has 0 radical (unpaired) electrons. The number of carboxylic acids is 1. The van der Waals surface area contributed by atoms with Crippen molar-refractivity contribution in [2.75, 3.05) is 13.1 Å². The SMILES string of the molecule is CC(C)CC(NC(=O)C1CC(=O)N(CC(C)C)C1)C(=O)O. The summed E-state index contributed by atoms with van der Waals surface area (Å²) in [6.07, 6.45) is 0.560. The van der Waals surface area contributed by atoms with Gasteiger partial charge in [-0.3, -0.25) is 9.59 Å². The van der Waals surface area contributed by atoms with Crippen molar-refractivity contribution in [3.63, 3.8) is 0 Å². The quantitative estimate of drug-likeness (QED) is 0.737. The smallest absolute Gasteiger partial charge is 0.326 e. The Kier molecular flexibility index (Phi) is 6.18. The number of hydrogen-bond donors (Lipinski definition) is 2. The number of aliphatic carboxylic acids is 1. The zero-order valence-corrected chi connectivity index (χ0v) is 13.3. The van der Waals surface area contributed by atoms with Crippen molar-refractivity contribution >= 4 is 17.8 Å². The van der Waals surface area contributed by atoms with Crippen molar-refractivity contribution in [3.05, 3.63) is 0 Å². The molecule has 1 aliphatic heterocycles. The number of carboxylic acid groups (broad SMARTS) is 1. The van der Waals surface area contributed by atoms with Gasteiger partial charge < -0.3 is 15.3 Å². The number of likely N-dealkylation sites (tertiary alicyclic amines) is 1. The third kappa shape index (κ3) is 5.36. The van der Waals surface area contributed by atoms with Gasteiger partial charge in [-0.2, -0.15) is 0 Å². The van der Waals surface area contributed by atoms with Crippen LogP contribution in [0, 0.1) is 17.8 Å². The van der Waals surface area contributed by atoms with Crippen molar-refractivity contribution in [2.45, 2.75) is 46.6 Å². The molecule has 2 unspecified atom stereocenters. The van der Waals surface area contributed by atoms with E-state index in [-0.39, 0.29) is 24.2 Å². The highest BCUT2D eigenvalue weighted by atomic mass is 16.4. The van der Waals surface area contributed by atoms with Crippen LogP contribution < -0.4 is 5.32 Å². The normalized spacial score (nSPS) is 20.2. The molecule has 1 saturated heterocycles. The molecule has 6 nitrogen and oxygen atoms in total. The van der Waals surface area contributed by atoms with Crippen LogP contribution in [0.25, 0.3) is 0 Å². The van der Waals surface area contributed by atoms with Crippen LogP contribution in [0.15, 0.2) is 0 Å². The van der Waals surface area contributed by atoms with Gasteiger partial charge in [0.25, 0.3) is 0 Å². The van der Waals surface area contributed by atoms with Crippen LogP contribution in [0.2, 0.25) is 0 Å². The fraction of sp³-hybridized carbons (Fsp3) is 0.800. The minimum absolute atomic E-state index is 0.0282. The van der Waals surface area contributed by atoms with Gasteiger partial charge >= 0.3 is 5.97 Å². The van der Waals surface area contributed by atoms with E-state index in [0.29, 0.717) is 25.4 Å². The Morgan fingerprint density at radius 3 is 2.38 bits per heavy atom. The maximum absolute atomic E-state index is 12.2. The second-order valence-electron chi connectivity index (χ2n) is 6.62. The van der Waals surface area contributed by atoms with E-state index in [2.05, 4.69) is 5.32 Å². The molecule has 1 rings (SSSR count). The topological polar surface area (TPSA) is 86.7 Å². The van der Waals surface area contributed by atoms with Gasteiger partial charge in [0, 0.05) is 19.5 Å². The minimum Gasteiger partial charge on any atom is -0.480 e. The maximum Gasteiger partial charge on any atom is 0.326 e. The molecule has 1 aliphatic rings. The molecule has 0 spiro atoms. The summed E-state index contributed by atoms with van der Waals surface area (Å²) in [7, 11) is 0. The lowest BCUT2D eigenvalue weighted by Gasteiger charge is -2.20. The Hall–Kier alpha value is -1.59. The number of rotatable bonds is 7. The molecule has 2 N–H and O–H groups in total. The van der Waals surface area contributed by atoms with E-state index in [9.17, 15) is 14.4 Å². The number of carbonyl (C=O) groups is 3. The molecule has 0 aliphatic carbocycles. The number of nitrogens with one attached hydrogen (secondary N) is 1. The van der Waals surface area contributed by atoms with Crippen LogP contribution in [-0.2, 0) is 14.4 Å². The third-order valence-electron chi connectivity index (χ3n) is 3.49. The Bertz CT molecular complexity index is 406. The van der Waals surface area contributed by atoms with E-state index in [0.717, 1.165) is 0 Å². The average Bonchev–Trinajstić information content (AvgIpc) is 2.68. The predicted molar refractivity (Wildman–Crippen MR) is 78.5 cm³/mol. The molecule has 0 aromatic heterocycles. The molecular weight excluding hydrogens is 272 g/mol. The second kappa shape index (κ2) is 7.43. The van der Waals surface area contributed by atoms with Crippen molar-refractivity contribution in [1.29, 1.82) is 0 Å². The van der Waals surface area contributed by atoms with Crippen LogP contribution >= 0.6 is 0 Å². The summed E-state index contributed by atoms with van der Waals surface area (Å²) in [5, 5.41) is 11.7. The molecule has 2 amide bonds. The number of carbonyl (C=O) groups excluding carboxylic acids is 2. The summed E-state index contributed by atoms with van der Waals surface area (Å²) in [6, 6.07) is -0.883. The standard InChI is InChI=1S/C15H26N2O4/c1-9(2)5-12(15(20)21)16-14(19)11-6-13(18)17(8-11)7-10(3)4/h9-12H,5-8H2,1-4H3,(H,16,19)(H,20,21). The molecule has 0 aromatic carbocycles. The summed E-state index contributed by atoms with van der Waals surface area (Å²) in [6.45, 7) is 8.87. The van der Waals surface area contributed by atoms with Gasteiger partial charge in [0.15, 0.2) is 0 Å². The van der Waals surface area contributed by atoms with Gasteiger partial charge in [0.1, 0.15) is 6.04 Å². The fourth-order valence-corrected chi connectivity index (χ4v) is 2.55. The average molecular weight is 298 g/mol. The molecule has 1 heterocycles. The lowest BCUT2D eigenvalue weighted by atomic mass is 10.0. The zero-order chi connectivity index (χ0) is 16.2. The van der Waals surface area contributed by atoms with Gasteiger partial charge in [-0.15, -0.1) is 0 Å².